The Hall–Kier alpha value is -2.94. The SMILES string of the molecule is COc1cc(Br)c(CC(=O)OCC(=O)Nc2ccc3c(c2)OCO3)cc1OC. The average Bonchev–Trinajstić information content (AvgIpc) is 3.15. The van der Waals surface area contributed by atoms with Gasteiger partial charge in [0, 0.05) is 16.2 Å². The highest BCUT2D eigenvalue weighted by molar-refractivity contribution is 9.10. The molecular formula is C19H18BrNO7. The van der Waals surface area contributed by atoms with Crippen molar-refractivity contribution >= 4 is 33.5 Å². The van der Waals surface area contributed by atoms with Gasteiger partial charge in [-0.25, -0.2) is 0 Å². The average molecular weight is 452 g/mol. The van der Waals surface area contributed by atoms with Gasteiger partial charge in [0.05, 0.1) is 20.6 Å². The molecule has 0 aliphatic carbocycles. The molecule has 1 N–H and O–H groups in total. The molecule has 0 atom stereocenters. The normalized spacial score (nSPS) is 11.7. The lowest BCUT2D eigenvalue weighted by Gasteiger charge is -2.12. The number of methoxy groups -OCH3 is 2. The summed E-state index contributed by atoms with van der Waals surface area (Å²) < 4.78 is 26.6. The minimum atomic E-state index is -0.547. The number of amides is 1. The molecule has 0 saturated heterocycles. The third-order valence-corrected chi connectivity index (χ3v) is 4.65. The van der Waals surface area contributed by atoms with Crippen LogP contribution in [0.3, 0.4) is 0 Å². The van der Waals surface area contributed by atoms with Crippen molar-refractivity contribution in [3.8, 4) is 23.0 Å². The highest BCUT2D eigenvalue weighted by atomic mass is 79.9. The van der Waals surface area contributed by atoms with Crippen LogP contribution in [0.25, 0.3) is 0 Å². The summed E-state index contributed by atoms with van der Waals surface area (Å²) >= 11 is 3.38. The maximum Gasteiger partial charge on any atom is 0.310 e. The molecule has 0 saturated carbocycles. The van der Waals surface area contributed by atoms with Gasteiger partial charge in [-0.15, -0.1) is 0 Å². The van der Waals surface area contributed by atoms with E-state index in [1.54, 1.807) is 30.3 Å². The quantitative estimate of drug-likeness (QED) is 0.646. The molecule has 1 heterocycles. The van der Waals surface area contributed by atoms with Crippen LogP contribution in [0.5, 0.6) is 23.0 Å². The van der Waals surface area contributed by atoms with E-state index in [-0.39, 0.29) is 13.2 Å². The Labute approximate surface area is 169 Å². The van der Waals surface area contributed by atoms with Gasteiger partial charge >= 0.3 is 5.97 Å². The first-order chi connectivity index (χ1) is 13.5. The molecule has 0 unspecified atom stereocenters. The van der Waals surface area contributed by atoms with E-state index in [0.717, 1.165) is 0 Å². The summed E-state index contributed by atoms with van der Waals surface area (Å²) in [6.45, 7) is -0.256. The van der Waals surface area contributed by atoms with E-state index in [1.807, 2.05) is 0 Å². The Morgan fingerprint density at radius 1 is 1.07 bits per heavy atom. The molecule has 1 aliphatic heterocycles. The fourth-order valence-electron chi connectivity index (χ4n) is 2.56. The van der Waals surface area contributed by atoms with Crippen molar-refractivity contribution in [2.75, 3.05) is 32.9 Å². The van der Waals surface area contributed by atoms with Crippen LogP contribution in [-0.4, -0.2) is 39.5 Å². The molecule has 0 aromatic heterocycles. The van der Waals surface area contributed by atoms with E-state index in [9.17, 15) is 9.59 Å². The van der Waals surface area contributed by atoms with E-state index < -0.39 is 18.5 Å². The second-order valence-electron chi connectivity index (χ2n) is 5.75. The number of nitrogens with one attached hydrogen (secondary N) is 1. The Morgan fingerprint density at radius 3 is 2.54 bits per heavy atom. The number of carbonyl (C=O) groups excluding carboxylic acids is 2. The van der Waals surface area contributed by atoms with Crippen molar-refractivity contribution in [1.29, 1.82) is 0 Å². The predicted molar refractivity (Wildman–Crippen MR) is 103 cm³/mol. The largest absolute Gasteiger partial charge is 0.493 e. The van der Waals surface area contributed by atoms with Crippen LogP contribution in [0.1, 0.15) is 5.56 Å². The number of anilines is 1. The summed E-state index contributed by atoms with van der Waals surface area (Å²) in [5.41, 5.74) is 1.17. The Bertz CT molecular complexity index is 900. The maximum atomic E-state index is 12.1. The van der Waals surface area contributed by atoms with Crippen LogP contribution < -0.4 is 24.3 Å². The van der Waals surface area contributed by atoms with Crippen molar-refractivity contribution in [3.05, 3.63) is 40.4 Å². The van der Waals surface area contributed by atoms with Gasteiger partial charge in [-0.05, 0) is 29.8 Å². The Kier molecular flexibility index (Phi) is 6.25. The molecule has 0 radical (unpaired) electrons. The number of esters is 1. The van der Waals surface area contributed by atoms with Crippen molar-refractivity contribution in [3.63, 3.8) is 0 Å². The predicted octanol–water partition coefficient (Wildman–Crippen LogP) is 2.92. The van der Waals surface area contributed by atoms with Gasteiger partial charge in [-0.1, -0.05) is 15.9 Å². The molecule has 2 aromatic rings. The molecular weight excluding hydrogens is 434 g/mol. The summed E-state index contributed by atoms with van der Waals surface area (Å²) in [6, 6.07) is 8.39. The van der Waals surface area contributed by atoms with E-state index in [2.05, 4.69) is 21.2 Å². The first kappa shape index (κ1) is 19.8. The summed E-state index contributed by atoms with van der Waals surface area (Å²) in [5.74, 6) is 1.19. The number of hydrogen-bond donors (Lipinski definition) is 1. The molecule has 0 bridgehead atoms. The lowest BCUT2D eigenvalue weighted by molar-refractivity contribution is -0.146. The Morgan fingerprint density at radius 2 is 1.79 bits per heavy atom. The molecule has 0 fully saturated rings. The van der Waals surface area contributed by atoms with Crippen molar-refractivity contribution in [2.45, 2.75) is 6.42 Å². The van der Waals surface area contributed by atoms with Gasteiger partial charge in [-0.2, -0.15) is 0 Å². The van der Waals surface area contributed by atoms with Gasteiger partial charge in [0.25, 0.3) is 5.91 Å². The molecule has 0 spiro atoms. The highest BCUT2D eigenvalue weighted by Crippen LogP contribution is 2.34. The van der Waals surface area contributed by atoms with Crippen molar-refractivity contribution in [2.24, 2.45) is 0 Å². The first-order valence-electron chi connectivity index (χ1n) is 8.25. The summed E-state index contributed by atoms with van der Waals surface area (Å²) in [6.07, 6.45) is -0.0295. The number of fused-ring (bicyclic) bond motifs is 1. The molecule has 28 heavy (non-hydrogen) atoms. The lowest BCUT2D eigenvalue weighted by Crippen LogP contribution is -2.21. The lowest BCUT2D eigenvalue weighted by atomic mass is 10.1. The van der Waals surface area contributed by atoms with Gasteiger partial charge in [-0.3, -0.25) is 9.59 Å². The number of carbonyl (C=O) groups is 2. The van der Waals surface area contributed by atoms with Crippen molar-refractivity contribution in [1.82, 2.24) is 0 Å². The van der Waals surface area contributed by atoms with E-state index in [4.69, 9.17) is 23.7 Å². The zero-order valence-electron chi connectivity index (χ0n) is 15.2. The van der Waals surface area contributed by atoms with Gasteiger partial charge in [0.2, 0.25) is 6.79 Å². The molecule has 148 valence electrons. The van der Waals surface area contributed by atoms with Crippen LogP contribution in [0, 0.1) is 0 Å². The molecule has 9 heteroatoms. The van der Waals surface area contributed by atoms with Crippen LogP contribution in [0.4, 0.5) is 5.69 Å². The van der Waals surface area contributed by atoms with Gasteiger partial charge < -0.3 is 29.0 Å². The monoisotopic (exact) mass is 451 g/mol. The number of hydrogen-bond acceptors (Lipinski definition) is 7. The minimum absolute atomic E-state index is 0.0295. The smallest absolute Gasteiger partial charge is 0.310 e. The number of ether oxygens (including phenoxy) is 5. The third-order valence-electron chi connectivity index (χ3n) is 3.91. The first-order valence-corrected chi connectivity index (χ1v) is 9.05. The van der Waals surface area contributed by atoms with E-state index >= 15 is 0 Å². The van der Waals surface area contributed by atoms with Gasteiger partial charge in [0.15, 0.2) is 29.6 Å². The second kappa shape index (κ2) is 8.83. The summed E-state index contributed by atoms with van der Waals surface area (Å²) in [5, 5.41) is 2.64. The zero-order chi connectivity index (χ0) is 20.1. The summed E-state index contributed by atoms with van der Waals surface area (Å²) in [4.78, 5) is 24.1. The third kappa shape index (κ3) is 4.66. The number of rotatable bonds is 7. The van der Waals surface area contributed by atoms with Crippen LogP contribution in [-0.2, 0) is 20.7 Å². The molecule has 3 rings (SSSR count). The minimum Gasteiger partial charge on any atom is -0.493 e. The Balaban J connectivity index is 1.53. The molecule has 1 amide bonds. The standard InChI is InChI=1S/C19H18BrNO7/c1-24-15-5-11(13(20)8-16(15)25-2)6-19(23)26-9-18(22)21-12-3-4-14-17(7-12)28-10-27-14/h3-5,7-8H,6,9-10H2,1-2H3,(H,21,22). The molecule has 2 aromatic carbocycles. The van der Waals surface area contributed by atoms with Crippen LogP contribution >= 0.6 is 15.9 Å². The van der Waals surface area contributed by atoms with Crippen LogP contribution in [0.15, 0.2) is 34.8 Å². The molecule has 8 nitrogen and oxygen atoms in total. The van der Waals surface area contributed by atoms with Crippen LogP contribution in [0.2, 0.25) is 0 Å². The second-order valence-corrected chi connectivity index (χ2v) is 6.61. The van der Waals surface area contributed by atoms with Gasteiger partial charge in [0.1, 0.15) is 0 Å². The topological polar surface area (TPSA) is 92.3 Å². The fourth-order valence-corrected chi connectivity index (χ4v) is 3.02. The van der Waals surface area contributed by atoms with E-state index in [0.29, 0.717) is 38.7 Å². The molecule has 1 aliphatic rings. The number of halogens is 1. The van der Waals surface area contributed by atoms with E-state index in [1.165, 1.54) is 14.2 Å². The maximum absolute atomic E-state index is 12.1. The fraction of sp³-hybridized carbons (Fsp3) is 0.263. The summed E-state index contributed by atoms with van der Waals surface area (Å²) in [7, 11) is 3.03. The number of benzene rings is 2. The zero-order valence-corrected chi connectivity index (χ0v) is 16.8. The highest BCUT2D eigenvalue weighted by Gasteiger charge is 2.16. The van der Waals surface area contributed by atoms with Crippen molar-refractivity contribution < 1.29 is 33.3 Å².